The van der Waals surface area contributed by atoms with Gasteiger partial charge in [0.15, 0.2) is 5.60 Å². The zero-order chi connectivity index (χ0) is 36.8. The zero-order valence-electron chi connectivity index (χ0n) is 29.8. The van der Waals surface area contributed by atoms with Gasteiger partial charge in [-0.2, -0.15) is 0 Å². The molecule has 9 rings (SSSR count). The van der Waals surface area contributed by atoms with E-state index in [4.69, 9.17) is 4.74 Å². The molecule has 0 saturated carbocycles. The number of para-hydroxylation sites is 1. The Labute approximate surface area is 308 Å². The van der Waals surface area contributed by atoms with Crippen LogP contribution >= 0.6 is 0 Å². The first-order chi connectivity index (χ1) is 25.5. The van der Waals surface area contributed by atoms with E-state index in [9.17, 15) is 14.7 Å². The molecule has 1 fully saturated rings. The highest BCUT2D eigenvalue weighted by molar-refractivity contribution is 6.72. The Bertz CT molecular complexity index is 2320. The van der Waals surface area contributed by atoms with E-state index in [2.05, 4.69) is 0 Å². The molecule has 53 heavy (non-hydrogen) atoms. The fourth-order valence-electron chi connectivity index (χ4n) is 9.64. The maximum atomic E-state index is 16.8. The van der Waals surface area contributed by atoms with Gasteiger partial charge < -0.3 is 18.9 Å². The molecule has 4 aliphatic heterocycles. The number of ether oxygens (including phenoxy) is 1. The minimum Gasteiger partial charge on any atom is -0.394 e. The molecular formula is C43H40FN3O5Si. The quantitative estimate of drug-likeness (QED) is 0.142. The third-order valence-electron chi connectivity index (χ3n) is 11.9. The minimum absolute atomic E-state index is 0.134. The minimum atomic E-state index is -3.60. The van der Waals surface area contributed by atoms with Crippen LogP contribution in [0.5, 0.6) is 0 Å². The van der Waals surface area contributed by atoms with Crippen LogP contribution in [0.15, 0.2) is 109 Å². The number of hydrogen-bond acceptors (Lipinski definition) is 5. The molecule has 1 N–H and O–H groups in total. The third-order valence-corrected chi connectivity index (χ3v) is 14.4. The summed E-state index contributed by atoms with van der Waals surface area (Å²) in [6.07, 6.45) is -0.515. The van der Waals surface area contributed by atoms with Crippen molar-refractivity contribution in [3.8, 4) is 0 Å². The Morgan fingerprint density at radius 3 is 2.32 bits per heavy atom. The summed E-state index contributed by atoms with van der Waals surface area (Å²) in [5, 5.41) is 12.2. The van der Waals surface area contributed by atoms with Crippen molar-refractivity contribution < 1.29 is 28.3 Å². The molecule has 3 amide bonds. The third kappa shape index (κ3) is 4.96. The fraction of sp³-hybridized carbons (Fsp3) is 0.279. The summed E-state index contributed by atoms with van der Waals surface area (Å²) in [6, 6.07) is 33.8. The number of hydrogen-bond donors (Lipinski definition) is 1. The van der Waals surface area contributed by atoms with E-state index in [-0.39, 0.29) is 30.7 Å². The molecule has 0 radical (unpaired) electrons. The molecule has 0 aliphatic carbocycles. The average Bonchev–Trinajstić information content (AvgIpc) is 3.72. The number of rotatable bonds is 6. The van der Waals surface area contributed by atoms with Gasteiger partial charge in [-0.1, -0.05) is 73.7 Å². The second-order valence-electron chi connectivity index (χ2n) is 15.3. The van der Waals surface area contributed by atoms with Crippen LogP contribution in [-0.2, 0) is 32.9 Å². The lowest BCUT2D eigenvalue weighted by Crippen LogP contribution is -2.48. The van der Waals surface area contributed by atoms with Crippen molar-refractivity contribution in [2.75, 3.05) is 16.4 Å². The normalized spacial score (nSPS) is 24.7. The molecule has 1 saturated heterocycles. The molecule has 1 spiro atoms. The first kappa shape index (κ1) is 33.7. The summed E-state index contributed by atoms with van der Waals surface area (Å²) < 4.78 is 23.8. The van der Waals surface area contributed by atoms with Crippen LogP contribution in [0, 0.1) is 5.92 Å². The van der Waals surface area contributed by atoms with Crippen molar-refractivity contribution >= 4 is 59.7 Å². The van der Waals surface area contributed by atoms with E-state index in [1.165, 1.54) is 0 Å². The Morgan fingerprint density at radius 1 is 0.868 bits per heavy atom. The molecular weight excluding hydrogens is 686 g/mol. The number of carbonyl (C=O) groups excluding carboxylic acids is 3. The van der Waals surface area contributed by atoms with Crippen molar-refractivity contribution in [2.24, 2.45) is 5.92 Å². The number of fused-ring (bicyclic) bond motifs is 3. The predicted molar refractivity (Wildman–Crippen MR) is 205 cm³/mol. The molecule has 268 valence electrons. The maximum absolute atomic E-state index is 16.8. The Hall–Kier alpha value is -5.16. The van der Waals surface area contributed by atoms with E-state index < -0.39 is 37.6 Å². The molecule has 8 nitrogen and oxygen atoms in total. The summed E-state index contributed by atoms with van der Waals surface area (Å²) in [6.45, 7) is 5.24. The van der Waals surface area contributed by atoms with Gasteiger partial charge in [0.2, 0.25) is 14.3 Å². The summed E-state index contributed by atoms with van der Waals surface area (Å²) in [4.78, 5) is 48.5. The summed E-state index contributed by atoms with van der Waals surface area (Å²) >= 11 is 0. The van der Waals surface area contributed by atoms with Crippen molar-refractivity contribution in [3.05, 3.63) is 131 Å². The van der Waals surface area contributed by atoms with Crippen LogP contribution in [-0.4, -0.2) is 54.9 Å². The van der Waals surface area contributed by atoms with E-state index in [1.807, 2.05) is 116 Å². The van der Waals surface area contributed by atoms with Crippen LogP contribution in [0.1, 0.15) is 40.4 Å². The van der Waals surface area contributed by atoms with Crippen molar-refractivity contribution in [1.82, 2.24) is 4.90 Å². The largest absolute Gasteiger partial charge is 0.394 e. The van der Waals surface area contributed by atoms with Crippen LogP contribution in [0.3, 0.4) is 0 Å². The highest BCUT2D eigenvalue weighted by atomic mass is 28.4. The molecule has 4 heterocycles. The summed E-state index contributed by atoms with van der Waals surface area (Å²) in [5.74, 6) is -1.41. The van der Waals surface area contributed by atoms with Gasteiger partial charge in [0.05, 0.1) is 42.1 Å². The number of amides is 3. The maximum Gasteiger partial charge on any atom is 0.268 e. The first-order valence-electron chi connectivity index (χ1n) is 18.3. The standard InChI is InChI=1S/C43H40FN3O5Si/c1-26-40(53(2,3)44)37(23-38(49)45-24-29-12-8-7-11-28(29)21-32(45)25-48)52-43(26)34-22-31(19-20-35(34)47(42(43)51)30-15-5-4-6-16-30)46-36-18-10-14-27-13-9-17-33(39(27)36)41(46)50/h4-20,22,26,32,37,40,48H,21,23-25H2,1-3H3/t26-,32-,37+,40-,43+/m0/s1. The monoisotopic (exact) mass is 725 g/mol. The van der Waals surface area contributed by atoms with Crippen molar-refractivity contribution in [3.63, 3.8) is 0 Å². The number of nitrogens with zero attached hydrogens (tertiary/aromatic N) is 3. The van der Waals surface area contributed by atoms with E-state index >= 15 is 8.90 Å². The molecule has 5 aromatic rings. The second kappa shape index (κ2) is 12.2. The molecule has 0 bridgehead atoms. The second-order valence-corrected chi connectivity index (χ2v) is 19.1. The molecule has 5 aromatic carbocycles. The van der Waals surface area contributed by atoms with Crippen LogP contribution in [0.4, 0.5) is 26.9 Å². The number of halogens is 1. The summed E-state index contributed by atoms with van der Waals surface area (Å²) in [7, 11) is -3.60. The van der Waals surface area contributed by atoms with Gasteiger partial charge in [-0.25, -0.2) is 0 Å². The lowest BCUT2D eigenvalue weighted by Gasteiger charge is -2.37. The number of aliphatic hydroxyl groups excluding tert-OH is 1. The van der Waals surface area contributed by atoms with Crippen LogP contribution in [0.2, 0.25) is 18.6 Å². The number of carbonyl (C=O) groups is 3. The number of aliphatic hydroxyl groups is 1. The van der Waals surface area contributed by atoms with E-state index in [0.717, 1.165) is 27.6 Å². The smallest absolute Gasteiger partial charge is 0.268 e. The number of anilines is 4. The molecule has 0 aromatic heterocycles. The Morgan fingerprint density at radius 2 is 1.58 bits per heavy atom. The van der Waals surface area contributed by atoms with Gasteiger partial charge in [-0.15, -0.1) is 0 Å². The van der Waals surface area contributed by atoms with Gasteiger partial charge in [0, 0.05) is 40.3 Å². The van der Waals surface area contributed by atoms with Crippen LogP contribution < -0.4 is 9.80 Å². The molecule has 0 unspecified atom stereocenters. The Kier molecular flexibility index (Phi) is 7.74. The topological polar surface area (TPSA) is 90.4 Å². The summed E-state index contributed by atoms with van der Waals surface area (Å²) in [5.41, 5.74) is 3.48. The lowest BCUT2D eigenvalue weighted by molar-refractivity contribution is -0.150. The van der Waals surface area contributed by atoms with E-state index in [1.54, 1.807) is 27.8 Å². The SMILES string of the molecule is C[C@H]1[C@H]([Si](C)(C)F)[C@@H](CC(=O)N2Cc3ccccc3C[C@H]2CO)O[C@]12C(=O)N(c1ccccc1)c1ccc(N3C(=O)c4cccc5cccc3c45)cc12. The predicted octanol–water partition coefficient (Wildman–Crippen LogP) is 7.92. The van der Waals surface area contributed by atoms with Gasteiger partial charge >= 0.3 is 0 Å². The van der Waals surface area contributed by atoms with Gasteiger partial charge in [-0.05, 0) is 78.5 Å². The lowest BCUT2D eigenvalue weighted by atomic mass is 9.82. The highest BCUT2D eigenvalue weighted by Gasteiger charge is 2.67. The molecule has 4 aliphatic rings. The highest BCUT2D eigenvalue weighted by Crippen LogP contribution is 2.62. The van der Waals surface area contributed by atoms with Gasteiger partial charge in [-0.3, -0.25) is 24.2 Å². The van der Waals surface area contributed by atoms with E-state index in [0.29, 0.717) is 41.2 Å². The zero-order valence-corrected chi connectivity index (χ0v) is 30.8. The molecule has 10 heteroatoms. The fourth-order valence-corrected chi connectivity index (χ4v) is 12.1. The van der Waals surface area contributed by atoms with Gasteiger partial charge in [0.25, 0.3) is 11.8 Å². The Balaban J connectivity index is 1.15. The molecule has 5 atom stereocenters. The van der Waals surface area contributed by atoms with Crippen LogP contribution in [0.25, 0.3) is 10.8 Å². The number of benzene rings is 5. The average molecular weight is 726 g/mol. The van der Waals surface area contributed by atoms with Gasteiger partial charge in [0.1, 0.15) is 0 Å². The van der Waals surface area contributed by atoms with Crippen molar-refractivity contribution in [1.29, 1.82) is 0 Å². The first-order valence-corrected chi connectivity index (χ1v) is 21.2. The van der Waals surface area contributed by atoms with Crippen molar-refractivity contribution in [2.45, 2.75) is 62.7 Å².